The molecular formula is C19H27N3O3. The molecule has 0 aromatic heterocycles. The van der Waals surface area contributed by atoms with Gasteiger partial charge in [0, 0.05) is 37.9 Å². The van der Waals surface area contributed by atoms with Gasteiger partial charge in [0.25, 0.3) is 0 Å². The van der Waals surface area contributed by atoms with Crippen molar-refractivity contribution in [3.63, 3.8) is 0 Å². The second-order valence-electron chi connectivity index (χ2n) is 6.67. The van der Waals surface area contributed by atoms with Crippen LogP contribution in [0, 0.1) is 0 Å². The molecule has 6 nitrogen and oxygen atoms in total. The van der Waals surface area contributed by atoms with Gasteiger partial charge in [-0.3, -0.25) is 0 Å². The summed E-state index contributed by atoms with van der Waals surface area (Å²) in [6, 6.07) is 7.92. The van der Waals surface area contributed by atoms with Crippen LogP contribution in [-0.4, -0.2) is 55.7 Å². The maximum absolute atomic E-state index is 12.3. The molecule has 25 heavy (non-hydrogen) atoms. The van der Waals surface area contributed by atoms with Crippen molar-refractivity contribution >= 4 is 17.7 Å². The summed E-state index contributed by atoms with van der Waals surface area (Å²) in [5, 5.41) is 3.15. The predicted molar refractivity (Wildman–Crippen MR) is 97.0 cm³/mol. The number of nitrogens with one attached hydrogen (secondary N) is 1. The maximum atomic E-state index is 12.3. The summed E-state index contributed by atoms with van der Waals surface area (Å²) in [5.41, 5.74) is 1.64. The first kappa shape index (κ1) is 17.6. The van der Waals surface area contributed by atoms with Crippen molar-refractivity contribution in [3.05, 3.63) is 29.8 Å². The van der Waals surface area contributed by atoms with Crippen LogP contribution in [0.2, 0.25) is 0 Å². The van der Waals surface area contributed by atoms with Crippen LogP contribution in [-0.2, 0) is 4.74 Å². The van der Waals surface area contributed by atoms with E-state index in [4.69, 9.17) is 4.74 Å². The van der Waals surface area contributed by atoms with E-state index in [-0.39, 0.29) is 12.0 Å². The van der Waals surface area contributed by atoms with Gasteiger partial charge < -0.3 is 19.9 Å². The maximum Gasteiger partial charge on any atom is 0.338 e. The van der Waals surface area contributed by atoms with Crippen LogP contribution >= 0.6 is 0 Å². The summed E-state index contributed by atoms with van der Waals surface area (Å²) in [4.78, 5) is 28.2. The number of hydrogen-bond donors (Lipinski definition) is 1. The first-order valence-electron chi connectivity index (χ1n) is 9.25. The Morgan fingerprint density at radius 3 is 2.32 bits per heavy atom. The number of esters is 1. The van der Waals surface area contributed by atoms with Crippen LogP contribution < -0.4 is 10.2 Å². The molecule has 0 radical (unpaired) electrons. The minimum Gasteiger partial charge on any atom is -0.462 e. The molecule has 0 unspecified atom stereocenters. The molecule has 0 bridgehead atoms. The highest BCUT2D eigenvalue weighted by molar-refractivity contribution is 5.89. The van der Waals surface area contributed by atoms with Crippen molar-refractivity contribution in [2.24, 2.45) is 0 Å². The van der Waals surface area contributed by atoms with E-state index in [0.717, 1.165) is 44.7 Å². The molecule has 2 aliphatic rings. The SMILES string of the molecule is CCOC(=O)c1ccc(N2CCN(C(=O)NC3CCCC3)CC2)cc1. The standard InChI is InChI=1S/C19H27N3O3/c1-2-25-18(23)15-7-9-17(10-8-15)21-11-13-22(14-12-21)19(24)20-16-5-3-4-6-16/h7-10,16H,2-6,11-14H2,1H3,(H,20,24). The second kappa shape index (κ2) is 8.23. The summed E-state index contributed by atoms with van der Waals surface area (Å²) >= 11 is 0. The van der Waals surface area contributed by atoms with Gasteiger partial charge in [0.05, 0.1) is 12.2 Å². The van der Waals surface area contributed by atoms with Gasteiger partial charge in [-0.15, -0.1) is 0 Å². The molecule has 1 saturated carbocycles. The summed E-state index contributed by atoms with van der Waals surface area (Å²) in [6.07, 6.45) is 4.66. The largest absolute Gasteiger partial charge is 0.462 e. The highest BCUT2D eigenvalue weighted by Gasteiger charge is 2.24. The van der Waals surface area contributed by atoms with Gasteiger partial charge in [-0.05, 0) is 44.0 Å². The Morgan fingerprint density at radius 2 is 1.72 bits per heavy atom. The molecule has 3 rings (SSSR count). The number of ether oxygens (including phenoxy) is 1. The van der Waals surface area contributed by atoms with E-state index in [0.29, 0.717) is 18.2 Å². The molecule has 2 fully saturated rings. The molecule has 6 heteroatoms. The first-order chi connectivity index (χ1) is 12.2. The molecule has 1 heterocycles. The number of anilines is 1. The topological polar surface area (TPSA) is 61.9 Å². The van der Waals surface area contributed by atoms with Gasteiger partial charge in [0.15, 0.2) is 0 Å². The van der Waals surface area contributed by atoms with Crippen LogP contribution in [0.15, 0.2) is 24.3 Å². The van der Waals surface area contributed by atoms with Gasteiger partial charge in [-0.2, -0.15) is 0 Å². The lowest BCUT2D eigenvalue weighted by atomic mass is 10.2. The molecule has 136 valence electrons. The number of benzene rings is 1. The molecule has 2 amide bonds. The monoisotopic (exact) mass is 345 g/mol. The number of hydrogen-bond acceptors (Lipinski definition) is 4. The van der Waals surface area contributed by atoms with Crippen LogP contribution in [0.3, 0.4) is 0 Å². The molecule has 1 aliphatic heterocycles. The number of amides is 2. The summed E-state index contributed by atoms with van der Waals surface area (Å²) < 4.78 is 5.00. The summed E-state index contributed by atoms with van der Waals surface area (Å²) in [7, 11) is 0. The van der Waals surface area contributed by atoms with Gasteiger partial charge in [0.1, 0.15) is 0 Å². The summed E-state index contributed by atoms with van der Waals surface area (Å²) in [6.45, 7) is 5.23. The lowest BCUT2D eigenvalue weighted by Crippen LogP contribution is -2.53. The predicted octanol–water partition coefficient (Wildman–Crippen LogP) is 2.64. The van der Waals surface area contributed by atoms with Crippen molar-refractivity contribution in [1.82, 2.24) is 10.2 Å². The third-order valence-electron chi connectivity index (χ3n) is 4.99. The van der Waals surface area contributed by atoms with E-state index in [1.54, 1.807) is 19.1 Å². The van der Waals surface area contributed by atoms with Crippen molar-refractivity contribution in [2.75, 3.05) is 37.7 Å². The number of piperazine rings is 1. The van der Waals surface area contributed by atoms with E-state index in [9.17, 15) is 9.59 Å². The minimum absolute atomic E-state index is 0.0733. The molecule has 1 aliphatic carbocycles. The van der Waals surface area contributed by atoms with Crippen LogP contribution in [0.1, 0.15) is 43.0 Å². The zero-order valence-electron chi connectivity index (χ0n) is 14.9. The molecule has 1 aromatic rings. The highest BCUT2D eigenvalue weighted by atomic mass is 16.5. The van der Waals surface area contributed by atoms with Crippen molar-refractivity contribution in [3.8, 4) is 0 Å². The highest BCUT2D eigenvalue weighted by Crippen LogP contribution is 2.20. The molecule has 1 aromatic carbocycles. The van der Waals surface area contributed by atoms with Crippen LogP contribution in [0.25, 0.3) is 0 Å². The fourth-order valence-corrected chi connectivity index (χ4v) is 3.53. The Balaban J connectivity index is 1.49. The third kappa shape index (κ3) is 4.44. The number of rotatable bonds is 4. The van der Waals surface area contributed by atoms with E-state index in [2.05, 4.69) is 10.2 Å². The van der Waals surface area contributed by atoms with Crippen LogP contribution in [0.4, 0.5) is 10.5 Å². The van der Waals surface area contributed by atoms with Crippen molar-refractivity contribution in [2.45, 2.75) is 38.6 Å². The quantitative estimate of drug-likeness (QED) is 0.852. The van der Waals surface area contributed by atoms with Gasteiger partial charge in [-0.25, -0.2) is 9.59 Å². The van der Waals surface area contributed by atoms with Gasteiger partial charge in [-0.1, -0.05) is 12.8 Å². The lowest BCUT2D eigenvalue weighted by molar-refractivity contribution is 0.0526. The number of carbonyl (C=O) groups is 2. The average Bonchev–Trinajstić information content (AvgIpc) is 3.15. The van der Waals surface area contributed by atoms with Crippen LogP contribution in [0.5, 0.6) is 0 Å². The lowest BCUT2D eigenvalue weighted by Gasteiger charge is -2.36. The molecule has 1 saturated heterocycles. The Morgan fingerprint density at radius 1 is 1.08 bits per heavy atom. The number of nitrogens with zero attached hydrogens (tertiary/aromatic N) is 2. The second-order valence-corrected chi connectivity index (χ2v) is 6.67. The van der Waals surface area contributed by atoms with Crippen molar-refractivity contribution in [1.29, 1.82) is 0 Å². The molecule has 1 N–H and O–H groups in total. The Bertz CT molecular complexity index is 588. The fourth-order valence-electron chi connectivity index (χ4n) is 3.53. The Labute approximate surface area is 149 Å². The van der Waals surface area contributed by atoms with E-state index >= 15 is 0 Å². The van der Waals surface area contributed by atoms with E-state index < -0.39 is 0 Å². The zero-order chi connectivity index (χ0) is 17.6. The molecular weight excluding hydrogens is 318 g/mol. The molecule has 0 spiro atoms. The smallest absolute Gasteiger partial charge is 0.338 e. The Kier molecular flexibility index (Phi) is 5.79. The third-order valence-corrected chi connectivity index (χ3v) is 4.99. The number of urea groups is 1. The normalized spacial score (nSPS) is 18.3. The Hall–Kier alpha value is -2.24. The van der Waals surface area contributed by atoms with Gasteiger partial charge >= 0.3 is 12.0 Å². The van der Waals surface area contributed by atoms with Crippen molar-refractivity contribution < 1.29 is 14.3 Å². The molecule has 0 atom stereocenters. The number of carbonyl (C=O) groups excluding carboxylic acids is 2. The minimum atomic E-state index is -0.289. The first-order valence-corrected chi connectivity index (χ1v) is 9.25. The summed E-state index contributed by atoms with van der Waals surface area (Å²) in [5.74, 6) is -0.289. The van der Waals surface area contributed by atoms with E-state index in [1.165, 1.54) is 12.8 Å². The van der Waals surface area contributed by atoms with E-state index in [1.807, 2.05) is 17.0 Å². The zero-order valence-corrected chi connectivity index (χ0v) is 14.9. The fraction of sp³-hybridized carbons (Fsp3) is 0.579. The average molecular weight is 345 g/mol. The van der Waals surface area contributed by atoms with Gasteiger partial charge in [0.2, 0.25) is 0 Å².